The molecule has 0 unspecified atom stereocenters. The molecule has 0 atom stereocenters. The molecule has 146 valence electrons. The van der Waals surface area contributed by atoms with Crippen molar-refractivity contribution in [3.05, 3.63) is 53.9 Å². The van der Waals surface area contributed by atoms with Gasteiger partial charge in [0.25, 0.3) is 0 Å². The van der Waals surface area contributed by atoms with Crippen LogP contribution in [0.4, 0.5) is 0 Å². The Morgan fingerprint density at radius 1 is 1.19 bits per heavy atom. The number of aromatic nitrogens is 2. The van der Waals surface area contributed by atoms with Gasteiger partial charge < -0.3 is 5.32 Å². The van der Waals surface area contributed by atoms with E-state index in [0.717, 1.165) is 11.1 Å². The third kappa shape index (κ3) is 4.95. The molecule has 0 bridgehead atoms. The number of nitrogens with one attached hydrogen (secondary N) is 1. The van der Waals surface area contributed by atoms with Crippen LogP contribution in [0.25, 0.3) is 0 Å². The number of carbonyl (C=O) groups is 1. The summed E-state index contributed by atoms with van der Waals surface area (Å²) < 4.78 is 27.2. The van der Waals surface area contributed by atoms with Crippen LogP contribution in [-0.2, 0) is 27.9 Å². The zero-order chi connectivity index (χ0) is 19.3. The largest absolute Gasteiger partial charge is 0.352 e. The van der Waals surface area contributed by atoms with Gasteiger partial charge in [0.2, 0.25) is 15.9 Å². The Hall–Kier alpha value is -2.19. The summed E-state index contributed by atoms with van der Waals surface area (Å²) in [5, 5.41) is 7.25. The van der Waals surface area contributed by atoms with Crippen LogP contribution >= 0.6 is 0 Å². The van der Waals surface area contributed by atoms with Crippen LogP contribution in [0, 0.1) is 5.92 Å². The fourth-order valence-corrected chi connectivity index (χ4v) is 4.49. The van der Waals surface area contributed by atoms with Crippen molar-refractivity contribution in [3.63, 3.8) is 0 Å². The maximum absolute atomic E-state index is 12.5. The highest BCUT2D eigenvalue weighted by Crippen LogP contribution is 2.20. The van der Waals surface area contributed by atoms with Crippen LogP contribution in [0.3, 0.4) is 0 Å². The molecule has 1 fully saturated rings. The van der Waals surface area contributed by atoms with E-state index >= 15 is 0 Å². The van der Waals surface area contributed by atoms with Crippen LogP contribution < -0.4 is 5.32 Å². The summed E-state index contributed by atoms with van der Waals surface area (Å²) in [5.41, 5.74) is 2.18. The molecule has 1 aliphatic heterocycles. The van der Waals surface area contributed by atoms with E-state index in [0.29, 0.717) is 39.0 Å². The molecule has 1 aromatic heterocycles. The SMILES string of the molecule is CCS(=O)(=O)N1CCC(C(=O)NCc2ccccc2Cn2cccn2)CC1. The lowest BCUT2D eigenvalue weighted by Gasteiger charge is -2.30. The Morgan fingerprint density at radius 2 is 1.89 bits per heavy atom. The van der Waals surface area contributed by atoms with Crippen LogP contribution in [-0.4, -0.2) is 47.3 Å². The maximum atomic E-state index is 12.5. The average molecular weight is 391 g/mol. The average Bonchev–Trinajstić information content (AvgIpc) is 3.20. The molecule has 0 spiro atoms. The lowest BCUT2D eigenvalue weighted by Crippen LogP contribution is -2.43. The molecule has 1 saturated heterocycles. The van der Waals surface area contributed by atoms with Crippen molar-refractivity contribution in [1.82, 2.24) is 19.4 Å². The number of carbonyl (C=O) groups excluding carboxylic acids is 1. The van der Waals surface area contributed by atoms with Crippen LogP contribution in [0.2, 0.25) is 0 Å². The van der Waals surface area contributed by atoms with Gasteiger partial charge in [-0.3, -0.25) is 9.48 Å². The van der Waals surface area contributed by atoms with E-state index in [-0.39, 0.29) is 17.6 Å². The number of sulfonamides is 1. The topological polar surface area (TPSA) is 84.3 Å². The van der Waals surface area contributed by atoms with Crippen molar-refractivity contribution in [1.29, 1.82) is 0 Å². The maximum Gasteiger partial charge on any atom is 0.223 e. The lowest BCUT2D eigenvalue weighted by atomic mass is 9.97. The van der Waals surface area contributed by atoms with Gasteiger partial charge in [0.1, 0.15) is 0 Å². The minimum Gasteiger partial charge on any atom is -0.352 e. The molecule has 2 aromatic rings. The van der Waals surface area contributed by atoms with E-state index in [1.807, 2.05) is 41.2 Å². The monoisotopic (exact) mass is 390 g/mol. The molecule has 1 N–H and O–H groups in total. The van der Waals surface area contributed by atoms with E-state index < -0.39 is 10.0 Å². The second kappa shape index (κ2) is 8.67. The zero-order valence-electron chi connectivity index (χ0n) is 15.5. The van der Waals surface area contributed by atoms with Gasteiger partial charge in [-0.05, 0) is 37.0 Å². The molecule has 2 heterocycles. The highest BCUT2D eigenvalue weighted by molar-refractivity contribution is 7.89. The van der Waals surface area contributed by atoms with Crippen molar-refractivity contribution in [2.45, 2.75) is 32.9 Å². The van der Waals surface area contributed by atoms with Gasteiger partial charge in [0, 0.05) is 37.9 Å². The molecule has 27 heavy (non-hydrogen) atoms. The molecule has 7 nitrogen and oxygen atoms in total. The number of amides is 1. The number of hydrogen-bond donors (Lipinski definition) is 1. The Morgan fingerprint density at radius 3 is 2.52 bits per heavy atom. The summed E-state index contributed by atoms with van der Waals surface area (Å²) in [6.45, 7) is 3.61. The summed E-state index contributed by atoms with van der Waals surface area (Å²) in [6.07, 6.45) is 4.79. The van der Waals surface area contributed by atoms with Crippen molar-refractivity contribution in [2.24, 2.45) is 5.92 Å². The summed E-state index contributed by atoms with van der Waals surface area (Å²) in [5.74, 6) is -0.0271. The minimum absolute atomic E-state index is 0.00237. The normalized spacial score (nSPS) is 16.3. The fourth-order valence-electron chi connectivity index (χ4n) is 3.36. The van der Waals surface area contributed by atoms with Crippen molar-refractivity contribution in [2.75, 3.05) is 18.8 Å². The number of benzene rings is 1. The number of nitrogens with zero attached hydrogens (tertiary/aromatic N) is 3. The first-order valence-corrected chi connectivity index (χ1v) is 10.9. The predicted octanol–water partition coefficient (Wildman–Crippen LogP) is 1.61. The van der Waals surface area contributed by atoms with Gasteiger partial charge in [-0.25, -0.2) is 12.7 Å². The Kier molecular flexibility index (Phi) is 6.28. The molecule has 1 amide bonds. The Balaban J connectivity index is 1.54. The molecule has 1 aromatic carbocycles. The van der Waals surface area contributed by atoms with Gasteiger partial charge in [-0.1, -0.05) is 24.3 Å². The first-order valence-electron chi connectivity index (χ1n) is 9.29. The number of piperidine rings is 1. The summed E-state index contributed by atoms with van der Waals surface area (Å²) in [7, 11) is -3.16. The van der Waals surface area contributed by atoms with Crippen LogP contribution in [0.15, 0.2) is 42.7 Å². The van der Waals surface area contributed by atoms with E-state index in [2.05, 4.69) is 10.4 Å². The standard InChI is InChI=1S/C19H26N4O3S/c1-2-27(25,26)23-12-8-16(9-13-23)19(24)20-14-17-6-3-4-7-18(17)15-22-11-5-10-21-22/h3-7,10-11,16H,2,8-9,12-15H2,1H3,(H,20,24). The highest BCUT2D eigenvalue weighted by atomic mass is 32.2. The third-order valence-electron chi connectivity index (χ3n) is 5.05. The van der Waals surface area contributed by atoms with Gasteiger partial charge in [0.15, 0.2) is 0 Å². The molecular weight excluding hydrogens is 364 g/mol. The van der Waals surface area contributed by atoms with E-state index in [1.165, 1.54) is 4.31 Å². The van der Waals surface area contributed by atoms with Gasteiger partial charge in [0.05, 0.1) is 12.3 Å². The van der Waals surface area contributed by atoms with Gasteiger partial charge in [-0.2, -0.15) is 5.10 Å². The van der Waals surface area contributed by atoms with Crippen LogP contribution in [0.1, 0.15) is 30.9 Å². The molecule has 3 rings (SSSR count). The summed E-state index contributed by atoms with van der Waals surface area (Å²) >= 11 is 0. The Labute approximate surface area is 160 Å². The highest BCUT2D eigenvalue weighted by Gasteiger charge is 2.30. The van der Waals surface area contributed by atoms with Gasteiger partial charge >= 0.3 is 0 Å². The quantitative estimate of drug-likeness (QED) is 0.778. The molecular formula is C19H26N4O3S. The molecule has 0 radical (unpaired) electrons. The second-order valence-corrected chi connectivity index (χ2v) is 9.02. The molecule has 1 aliphatic rings. The zero-order valence-corrected chi connectivity index (χ0v) is 16.4. The van der Waals surface area contributed by atoms with E-state index in [4.69, 9.17) is 0 Å². The fraction of sp³-hybridized carbons (Fsp3) is 0.474. The van der Waals surface area contributed by atoms with Crippen LogP contribution in [0.5, 0.6) is 0 Å². The number of rotatable bonds is 7. The second-order valence-electron chi connectivity index (χ2n) is 6.76. The van der Waals surface area contributed by atoms with E-state index in [1.54, 1.807) is 13.1 Å². The van der Waals surface area contributed by atoms with Gasteiger partial charge in [-0.15, -0.1) is 0 Å². The lowest BCUT2D eigenvalue weighted by molar-refractivity contribution is -0.126. The minimum atomic E-state index is -3.16. The molecule has 8 heteroatoms. The van der Waals surface area contributed by atoms with E-state index in [9.17, 15) is 13.2 Å². The number of hydrogen-bond acceptors (Lipinski definition) is 4. The smallest absolute Gasteiger partial charge is 0.223 e. The first kappa shape index (κ1) is 19.6. The first-order chi connectivity index (χ1) is 13.0. The third-order valence-corrected chi connectivity index (χ3v) is 6.93. The van der Waals surface area contributed by atoms with Crippen molar-refractivity contribution < 1.29 is 13.2 Å². The summed E-state index contributed by atoms with van der Waals surface area (Å²) in [6, 6.07) is 9.87. The molecule has 0 saturated carbocycles. The predicted molar refractivity (Wildman–Crippen MR) is 103 cm³/mol. The Bertz CT molecular complexity index is 857. The molecule has 0 aliphatic carbocycles. The summed E-state index contributed by atoms with van der Waals surface area (Å²) in [4.78, 5) is 12.5. The van der Waals surface area contributed by atoms with Crippen molar-refractivity contribution >= 4 is 15.9 Å². The van der Waals surface area contributed by atoms with Crippen molar-refractivity contribution in [3.8, 4) is 0 Å².